The lowest BCUT2D eigenvalue weighted by Crippen LogP contribution is -2.11. The molecule has 0 bridgehead atoms. The standard InChI is InChI=1S/C10H6F3N3S/c11-10(12,13)9-15-7(4-8(17)16-9)6-2-1-3-14-5-6/h1-5H,(H,15,16,17). The summed E-state index contributed by atoms with van der Waals surface area (Å²) in [5.74, 6) is -1.11. The summed E-state index contributed by atoms with van der Waals surface area (Å²) in [5, 5.41) is 0. The molecule has 2 rings (SSSR count). The molecule has 0 aromatic carbocycles. The lowest BCUT2D eigenvalue weighted by Gasteiger charge is -2.08. The quantitative estimate of drug-likeness (QED) is 0.797. The smallest absolute Gasteiger partial charge is 0.335 e. The van der Waals surface area contributed by atoms with Crippen LogP contribution >= 0.6 is 12.2 Å². The van der Waals surface area contributed by atoms with Crippen molar-refractivity contribution in [3.05, 3.63) is 41.1 Å². The molecule has 0 aliphatic heterocycles. The Labute approximate surface area is 99.4 Å². The molecular weight excluding hydrogens is 251 g/mol. The van der Waals surface area contributed by atoms with Gasteiger partial charge >= 0.3 is 6.18 Å². The third-order valence-electron chi connectivity index (χ3n) is 1.98. The van der Waals surface area contributed by atoms with Gasteiger partial charge in [-0.25, -0.2) is 4.98 Å². The Kier molecular flexibility index (Phi) is 2.93. The molecular formula is C10H6F3N3S. The van der Waals surface area contributed by atoms with Crippen LogP contribution in [-0.2, 0) is 6.18 Å². The molecule has 7 heteroatoms. The summed E-state index contributed by atoms with van der Waals surface area (Å²) in [7, 11) is 0. The van der Waals surface area contributed by atoms with Gasteiger partial charge in [0.15, 0.2) is 0 Å². The normalized spacial score (nSPS) is 11.5. The van der Waals surface area contributed by atoms with Gasteiger partial charge < -0.3 is 4.98 Å². The van der Waals surface area contributed by atoms with Gasteiger partial charge in [-0.1, -0.05) is 12.2 Å². The van der Waals surface area contributed by atoms with E-state index in [0.29, 0.717) is 5.56 Å². The number of aromatic amines is 1. The van der Waals surface area contributed by atoms with E-state index >= 15 is 0 Å². The zero-order chi connectivity index (χ0) is 12.5. The second-order valence-corrected chi connectivity index (χ2v) is 3.64. The Hall–Kier alpha value is -1.76. The lowest BCUT2D eigenvalue weighted by atomic mass is 10.2. The van der Waals surface area contributed by atoms with Crippen LogP contribution in [0.1, 0.15) is 5.82 Å². The highest BCUT2D eigenvalue weighted by atomic mass is 32.1. The van der Waals surface area contributed by atoms with Crippen LogP contribution in [0.15, 0.2) is 30.6 Å². The first kappa shape index (κ1) is 11.7. The number of alkyl halides is 3. The van der Waals surface area contributed by atoms with E-state index in [0.717, 1.165) is 0 Å². The molecule has 2 aromatic heterocycles. The third kappa shape index (κ3) is 2.68. The van der Waals surface area contributed by atoms with E-state index in [2.05, 4.69) is 15.0 Å². The van der Waals surface area contributed by atoms with Gasteiger partial charge in [-0.05, 0) is 18.2 Å². The first-order valence-electron chi connectivity index (χ1n) is 4.56. The summed E-state index contributed by atoms with van der Waals surface area (Å²) in [6.45, 7) is 0. The lowest BCUT2D eigenvalue weighted by molar-refractivity contribution is -0.144. The summed E-state index contributed by atoms with van der Waals surface area (Å²) in [6, 6.07) is 4.62. The summed E-state index contributed by atoms with van der Waals surface area (Å²) in [5.41, 5.74) is 0.761. The Morgan fingerprint density at radius 1 is 1.29 bits per heavy atom. The molecule has 0 saturated heterocycles. The molecule has 0 radical (unpaired) electrons. The first-order valence-corrected chi connectivity index (χ1v) is 4.96. The Morgan fingerprint density at radius 3 is 2.65 bits per heavy atom. The van der Waals surface area contributed by atoms with Crippen LogP contribution in [0, 0.1) is 4.64 Å². The highest BCUT2D eigenvalue weighted by molar-refractivity contribution is 7.71. The van der Waals surface area contributed by atoms with Crippen molar-refractivity contribution in [3.8, 4) is 11.3 Å². The molecule has 0 spiro atoms. The number of rotatable bonds is 1. The fraction of sp³-hybridized carbons (Fsp3) is 0.100. The minimum atomic E-state index is -4.55. The van der Waals surface area contributed by atoms with Crippen molar-refractivity contribution in [2.75, 3.05) is 0 Å². The Balaban J connectivity index is 2.58. The van der Waals surface area contributed by atoms with Crippen molar-refractivity contribution in [3.63, 3.8) is 0 Å². The predicted molar refractivity (Wildman–Crippen MR) is 57.7 cm³/mol. The highest BCUT2D eigenvalue weighted by Crippen LogP contribution is 2.27. The molecule has 0 atom stereocenters. The molecule has 3 nitrogen and oxygen atoms in total. The molecule has 0 aliphatic carbocycles. The summed E-state index contributed by atoms with van der Waals surface area (Å²) in [6.07, 6.45) is -1.57. The van der Waals surface area contributed by atoms with Crippen molar-refractivity contribution in [2.45, 2.75) is 6.18 Å². The monoisotopic (exact) mass is 257 g/mol. The largest absolute Gasteiger partial charge is 0.449 e. The molecule has 0 unspecified atom stereocenters. The molecule has 0 aliphatic rings. The average molecular weight is 257 g/mol. The first-order chi connectivity index (χ1) is 7.97. The summed E-state index contributed by atoms with van der Waals surface area (Å²) < 4.78 is 37.4. The zero-order valence-corrected chi connectivity index (χ0v) is 9.14. The molecule has 17 heavy (non-hydrogen) atoms. The molecule has 0 amide bonds. The second kappa shape index (κ2) is 4.25. The van der Waals surface area contributed by atoms with E-state index in [1.165, 1.54) is 18.5 Å². The number of H-pyrrole nitrogens is 1. The molecule has 2 aromatic rings. The fourth-order valence-corrected chi connectivity index (χ4v) is 1.48. The van der Waals surface area contributed by atoms with Crippen LogP contribution in [0.4, 0.5) is 13.2 Å². The Bertz CT molecular complexity index is 577. The predicted octanol–water partition coefficient (Wildman–Crippen LogP) is 3.22. The van der Waals surface area contributed by atoms with Crippen molar-refractivity contribution in [2.24, 2.45) is 0 Å². The number of hydrogen-bond acceptors (Lipinski definition) is 3. The van der Waals surface area contributed by atoms with Crippen molar-refractivity contribution < 1.29 is 13.2 Å². The number of nitrogens with one attached hydrogen (secondary N) is 1. The van der Waals surface area contributed by atoms with Gasteiger partial charge in [0.25, 0.3) is 0 Å². The minimum Gasteiger partial charge on any atom is -0.335 e. The van der Waals surface area contributed by atoms with Gasteiger partial charge in [0.1, 0.15) is 4.64 Å². The van der Waals surface area contributed by atoms with Crippen molar-refractivity contribution >= 4 is 12.2 Å². The minimum absolute atomic E-state index is 0.116. The van der Waals surface area contributed by atoms with E-state index in [1.54, 1.807) is 12.1 Å². The van der Waals surface area contributed by atoms with Crippen LogP contribution in [0.5, 0.6) is 0 Å². The zero-order valence-electron chi connectivity index (χ0n) is 8.32. The molecule has 0 saturated carbocycles. The van der Waals surface area contributed by atoms with Crippen LogP contribution < -0.4 is 0 Å². The highest BCUT2D eigenvalue weighted by Gasteiger charge is 2.34. The molecule has 2 heterocycles. The van der Waals surface area contributed by atoms with Crippen LogP contribution in [-0.4, -0.2) is 15.0 Å². The van der Waals surface area contributed by atoms with Gasteiger partial charge in [0.2, 0.25) is 5.82 Å². The van der Waals surface area contributed by atoms with Gasteiger partial charge in [0, 0.05) is 18.0 Å². The molecule has 1 N–H and O–H groups in total. The summed E-state index contributed by atoms with van der Waals surface area (Å²) in [4.78, 5) is 9.27. The maximum absolute atomic E-state index is 12.5. The number of pyridine rings is 1. The second-order valence-electron chi connectivity index (χ2n) is 3.22. The van der Waals surface area contributed by atoms with Crippen LogP contribution in [0.25, 0.3) is 11.3 Å². The molecule has 88 valence electrons. The van der Waals surface area contributed by atoms with E-state index < -0.39 is 12.0 Å². The summed E-state index contributed by atoms with van der Waals surface area (Å²) >= 11 is 4.70. The van der Waals surface area contributed by atoms with E-state index in [-0.39, 0.29) is 10.3 Å². The maximum Gasteiger partial charge on any atom is 0.449 e. The molecule has 0 fully saturated rings. The fourth-order valence-electron chi connectivity index (χ4n) is 1.27. The van der Waals surface area contributed by atoms with E-state index in [4.69, 9.17) is 12.2 Å². The van der Waals surface area contributed by atoms with Crippen molar-refractivity contribution in [1.29, 1.82) is 0 Å². The van der Waals surface area contributed by atoms with Crippen molar-refractivity contribution in [1.82, 2.24) is 15.0 Å². The number of halogens is 3. The average Bonchev–Trinajstić information content (AvgIpc) is 2.28. The van der Waals surface area contributed by atoms with Gasteiger partial charge in [0.05, 0.1) is 5.69 Å². The SMILES string of the molecule is FC(F)(F)c1nc(=S)cc(-c2cccnc2)[nH]1. The third-order valence-corrected chi connectivity index (χ3v) is 2.19. The van der Waals surface area contributed by atoms with Gasteiger partial charge in [-0.2, -0.15) is 13.2 Å². The maximum atomic E-state index is 12.5. The van der Waals surface area contributed by atoms with E-state index in [9.17, 15) is 13.2 Å². The number of nitrogens with zero attached hydrogens (tertiary/aromatic N) is 2. The topological polar surface area (TPSA) is 41.6 Å². The van der Waals surface area contributed by atoms with Gasteiger partial charge in [-0.15, -0.1) is 0 Å². The van der Waals surface area contributed by atoms with Crippen LogP contribution in [0.2, 0.25) is 0 Å². The van der Waals surface area contributed by atoms with Gasteiger partial charge in [-0.3, -0.25) is 4.98 Å². The van der Waals surface area contributed by atoms with E-state index in [1.807, 2.05) is 0 Å². The number of aromatic nitrogens is 3. The van der Waals surface area contributed by atoms with Crippen LogP contribution in [0.3, 0.4) is 0 Å². The number of hydrogen-bond donors (Lipinski definition) is 1. The Morgan fingerprint density at radius 2 is 2.06 bits per heavy atom.